The lowest BCUT2D eigenvalue weighted by molar-refractivity contribution is 0.102. The van der Waals surface area contributed by atoms with Crippen molar-refractivity contribution < 1.29 is 13.9 Å². The van der Waals surface area contributed by atoms with E-state index in [1.54, 1.807) is 24.4 Å². The predicted octanol–water partition coefficient (Wildman–Crippen LogP) is 3.63. The summed E-state index contributed by atoms with van der Waals surface area (Å²) in [4.78, 5) is 16.1. The molecule has 1 amide bonds. The first-order chi connectivity index (χ1) is 9.61. The topological polar surface area (TPSA) is 51.2 Å². The number of amides is 1. The summed E-state index contributed by atoms with van der Waals surface area (Å²) in [6, 6.07) is 7.56. The fourth-order valence-corrected chi connectivity index (χ4v) is 1.93. The van der Waals surface area contributed by atoms with E-state index in [1.807, 2.05) is 6.92 Å². The summed E-state index contributed by atoms with van der Waals surface area (Å²) in [5, 5.41) is 2.59. The third-order valence-corrected chi connectivity index (χ3v) is 2.97. The summed E-state index contributed by atoms with van der Waals surface area (Å²) in [7, 11) is 0. The van der Waals surface area contributed by atoms with Gasteiger partial charge >= 0.3 is 0 Å². The zero-order valence-electron chi connectivity index (χ0n) is 10.7. The Labute approximate surface area is 124 Å². The maximum atomic E-state index is 13.7. The summed E-state index contributed by atoms with van der Waals surface area (Å²) in [5.41, 5.74) is 0.362. The van der Waals surface area contributed by atoms with Crippen LogP contribution in [0.15, 0.2) is 41.0 Å². The third-order valence-electron chi connectivity index (χ3n) is 2.48. The van der Waals surface area contributed by atoms with Crippen LogP contribution in [0, 0.1) is 5.82 Å². The number of carbonyl (C=O) groups is 1. The Bertz CT molecular complexity index is 634. The molecular formula is C14H12BrFN2O2. The Balaban J connectivity index is 2.23. The smallest absolute Gasteiger partial charge is 0.258 e. The maximum Gasteiger partial charge on any atom is 0.258 e. The lowest BCUT2D eigenvalue weighted by Gasteiger charge is -2.10. The Hall–Kier alpha value is -1.95. The molecule has 0 aliphatic heterocycles. The van der Waals surface area contributed by atoms with Crippen LogP contribution in [-0.4, -0.2) is 17.5 Å². The van der Waals surface area contributed by atoms with Crippen LogP contribution in [0.2, 0.25) is 0 Å². The van der Waals surface area contributed by atoms with Crippen molar-refractivity contribution in [2.45, 2.75) is 6.92 Å². The van der Waals surface area contributed by atoms with Crippen LogP contribution in [0.5, 0.6) is 5.88 Å². The molecule has 104 valence electrons. The Kier molecular flexibility index (Phi) is 4.68. The van der Waals surface area contributed by atoms with E-state index in [2.05, 4.69) is 26.2 Å². The molecule has 1 aromatic carbocycles. The van der Waals surface area contributed by atoms with Crippen molar-refractivity contribution in [2.75, 3.05) is 11.9 Å². The molecule has 6 heteroatoms. The van der Waals surface area contributed by atoms with Crippen molar-refractivity contribution in [1.29, 1.82) is 0 Å². The van der Waals surface area contributed by atoms with Crippen molar-refractivity contribution in [3.05, 3.63) is 52.4 Å². The van der Waals surface area contributed by atoms with Crippen LogP contribution in [-0.2, 0) is 0 Å². The van der Waals surface area contributed by atoms with Crippen LogP contribution in [0.4, 0.5) is 10.1 Å². The molecule has 0 saturated heterocycles. The van der Waals surface area contributed by atoms with Gasteiger partial charge in [-0.05, 0) is 37.3 Å². The van der Waals surface area contributed by atoms with Gasteiger partial charge in [-0.2, -0.15) is 0 Å². The van der Waals surface area contributed by atoms with E-state index in [4.69, 9.17) is 4.74 Å². The fourth-order valence-electron chi connectivity index (χ4n) is 1.60. The summed E-state index contributed by atoms with van der Waals surface area (Å²) in [6.45, 7) is 2.24. The number of hydrogen-bond donors (Lipinski definition) is 1. The number of hydrogen-bond acceptors (Lipinski definition) is 3. The number of aromatic nitrogens is 1. The second kappa shape index (κ2) is 6.47. The monoisotopic (exact) mass is 338 g/mol. The highest BCUT2D eigenvalue weighted by Gasteiger charge is 2.14. The first-order valence-corrected chi connectivity index (χ1v) is 6.75. The number of pyridine rings is 1. The molecule has 1 heterocycles. The third kappa shape index (κ3) is 3.33. The molecule has 0 aliphatic carbocycles. The minimum atomic E-state index is -0.598. The first-order valence-electron chi connectivity index (χ1n) is 5.96. The minimum Gasteiger partial charge on any atom is -0.476 e. The normalized spacial score (nSPS) is 10.2. The van der Waals surface area contributed by atoms with Gasteiger partial charge in [-0.25, -0.2) is 9.37 Å². The van der Waals surface area contributed by atoms with E-state index in [9.17, 15) is 9.18 Å². The van der Waals surface area contributed by atoms with Crippen LogP contribution in [0.25, 0.3) is 0 Å². The largest absolute Gasteiger partial charge is 0.476 e. The number of nitrogens with one attached hydrogen (secondary N) is 1. The number of nitrogens with zero attached hydrogens (tertiary/aromatic N) is 1. The fraction of sp³-hybridized carbons (Fsp3) is 0.143. The minimum absolute atomic E-state index is 0.0421. The summed E-state index contributed by atoms with van der Waals surface area (Å²) < 4.78 is 19.6. The molecule has 4 nitrogen and oxygen atoms in total. The van der Waals surface area contributed by atoms with Crippen molar-refractivity contribution in [3.8, 4) is 5.88 Å². The van der Waals surface area contributed by atoms with Gasteiger partial charge < -0.3 is 10.1 Å². The number of carbonyl (C=O) groups excluding carboxylic acids is 1. The Morgan fingerprint density at radius 2 is 2.25 bits per heavy atom. The average Bonchev–Trinajstić information content (AvgIpc) is 2.41. The molecule has 0 bridgehead atoms. The Morgan fingerprint density at radius 3 is 2.95 bits per heavy atom. The highest BCUT2D eigenvalue weighted by Crippen LogP contribution is 2.22. The maximum absolute atomic E-state index is 13.7. The molecule has 0 spiro atoms. The van der Waals surface area contributed by atoms with Gasteiger partial charge in [-0.15, -0.1) is 0 Å². The van der Waals surface area contributed by atoms with Crippen molar-refractivity contribution in [2.24, 2.45) is 0 Å². The van der Waals surface area contributed by atoms with Gasteiger partial charge in [0.1, 0.15) is 11.5 Å². The van der Waals surface area contributed by atoms with E-state index in [0.717, 1.165) is 0 Å². The van der Waals surface area contributed by atoms with Gasteiger partial charge in [0.2, 0.25) is 5.88 Å². The zero-order chi connectivity index (χ0) is 14.5. The molecule has 1 N–H and O–H groups in total. The lowest BCUT2D eigenvalue weighted by Crippen LogP contribution is -2.15. The number of rotatable bonds is 4. The van der Waals surface area contributed by atoms with Gasteiger partial charge in [0.15, 0.2) is 0 Å². The second-order valence-corrected chi connectivity index (χ2v) is 4.78. The van der Waals surface area contributed by atoms with E-state index in [1.165, 1.54) is 12.1 Å². The number of halogens is 2. The van der Waals surface area contributed by atoms with Crippen molar-refractivity contribution in [1.82, 2.24) is 4.98 Å². The predicted molar refractivity (Wildman–Crippen MR) is 77.5 cm³/mol. The standard InChI is InChI=1S/C14H12BrFN2O2/c1-2-20-14-12(4-3-7-17-14)18-13(19)10-6-5-9(15)8-11(10)16/h3-8H,2H2,1H3,(H,18,19). The lowest BCUT2D eigenvalue weighted by atomic mass is 10.2. The van der Waals surface area contributed by atoms with E-state index in [-0.39, 0.29) is 5.56 Å². The van der Waals surface area contributed by atoms with Crippen LogP contribution < -0.4 is 10.1 Å². The molecule has 1 aromatic heterocycles. The molecule has 2 aromatic rings. The molecular weight excluding hydrogens is 327 g/mol. The molecule has 0 fully saturated rings. The summed E-state index contributed by atoms with van der Waals surface area (Å²) in [6.07, 6.45) is 1.56. The molecule has 20 heavy (non-hydrogen) atoms. The van der Waals surface area contributed by atoms with Crippen molar-refractivity contribution in [3.63, 3.8) is 0 Å². The zero-order valence-corrected chi connectivity index (χ0v) is 12.3. The molecule has 0 radical (unpaired) electrons. The van der Waals surface area contributed by atoms with Gasteiger partial charge in [0.05, 0.1) is 12.2 Å². The SMILES string of the molecule is CCOc1ncccc1NC(=O)c1ccc(Br)cc1F. The molecule has 0 saturated carbocycles. The second-order valence-electron chi connectivity index (χ2n) is 3.87. The van der Waals surface area contributed by atoms with Crippen LogP contribution in [0.1, 0.15) is 17.3 Å². The van der Waals surface area contributed by atoms with Gasteiger partial charge in [-0.3, -0.25) is 4.79 Å². The number of anilines is 1. The van der Waals surface area contributed by atoms with E-state index >= 15 is 0 Å². The van der Waals surface area contributed by atoms with Gasteiger partial charge in [-0.1, -0.05) is 15.9 Å². The molecule has 0 atom stereocenters. The number of benzene rings is 1. The van der Waals surface area contributed by atoms with Gasteiger partial charge in [0.25, 0.3) is 5.91 Å². The quantitative estimate of drug-likeness (QED) is 0.925. The molecule has 2 rings (SSSR count). The average molecular weight is 339 g/mol. The molecule has 0 aliphatic rings. The Morgan fingerprint density at radius 1 is 1.45 bits per heavy atom. The van der Waals surface area contributed by atoms with Gasteiger partial charge in [0, 0.05) is 10.7 Å². The summed E-state index contributed by atoms with van der Waals surface area (Å²) in [5.74, 6) is -0.844. The first kappa shape index (κ1) is 14.5. The van der Waals surface area contributed by atoms with E-state index < -0.39 is 11.7 Å². The van der Waals surface area contributed by atoms with E-state index in [0.29, 0.717) is 22.6 Å². The van der Waals surface area contributed by atoms with Crippen LogP contribution in [0.3, 0.4) is 0 Å². The number of ether oxygens (including phenoxy) is 1. The van der Waals surface area contributed by atoms with Crippen LogP contribution >= 0.6 is 15.9 Å². The highest BCUT2D eigenvalue weighted by molar-refractivity contribution is 9.10. The van der Waals surface area contributed by atoms with Crippen molar-refractivity contribution >= 4 is 27.5 Å². The highest BCUT2D eigenvalue weighted by atomic mass is 79.9. The molecule has 0 unspecified atom stereocenters. The summed E-state index contributed by atoms with van der Waals surface area (Å²) >= 11 is 3.14.